The Hall–Kier alpha value is -0.810. The average molecular weight is 374 g/mol. The second kappa shape index (κ2) is 11.7. The van der Waals surface area contributed by atoms with Gasteiger partial charge in [0.25, 0.3) is 0 Å². The van der Waals surface area contributed by atoms with Gasteiger partial charge in [0.1, 0.15) is 0 Å². The summed E-state index contributed by atoms with van der Waals surface area (Å²) in [6.07, 6.45) is 6.87. The molecule has 0 aliphatic carbocycles. The van der Waals surface area contributed by atoms with Crippen LogP contribution in [0.5, 0.6) is 0 Å². The summed E-state index contributed by atoms with van der Waals surface area (Å²) in [6, 6.07) is 0. The maximum absolute atomic E-state index is 12.5. The minimum Gasteiger partial charge on any atom is -0.356 e. The Morgan fingerprint density at radius 3 is 2.56 bits per heavy atom. The topological polar surface area (TPSA) is 61.4 Å². The molecule has 2 unspecified atom stereocenters. The monoisotopic (exact) mass is 373 g/mol. The highest BCUT2D eigenvalue weighted by atomic mass is 35.5. The zero-order valence-electron chi connectivity index (χ0n) is 15.9. The smallest absolute Gasteiger partial charge is 0.223 e. The summed E-state index contributed by atoms with van der Waals surface area (Å²) in [5.41, 5.74) is 0. The number of likely N-dealkylation sites (tertiary alicyclic amines) is 1. The van der Waals surface area contributed by atoms with Crippen molar-refractivity contribution in [1.82, 2.24) is 15.5 Å². The molecule has 25 heavy (non-hydrogen) atoms. The van der Waals surface area contributed by atoms with Crippen LogP contribution in [0.1, 0.15) is 58.8 Å². The van der Waals surface area contributed by atoms with Crippen molar-refractivity contribution < 1.29 is 9.59 Å². The second-order valence-corrected chi connectivity index (χ2v) is 7.59. The molecule has 2 heterocycles. The molecule has 5 nitrogen and oxygen atoms in total. The van der Waals surface area contributed by atoms with Gasteiger partial charge in [0.05, 0.1) is 0 Å². The van der Waals surface area contributed by atoms with Gasteiger partial charge in [0.15, 0.2) is 0 Å². The summed E-state index contributed by atoms with van der Waals surface area (Å²) in [5.74, 6) is 1.62. The zero-order chi connectivity index (χ0) is 17.4. The summed E-state index contributed by atoms with van der Waals surface area (Å²) >= 11 is 0. The van der Waals surface area contributed by atoms with E-state index in [1.54, 1.807) is 0 Å². The molecule has 2 fully saturated rings. The maximum Gasteiger partial charge on any atom is 0.223 e. The number of rotatable bonds is 7. The normalized spacial score (nSPS) is 22.8. The van der Waals surface area contributed by atoms with Gasteiger partial charge in [0.2, 0.25) is 11.8 Å². The summed E-state index contributed by atoms with van der Waals surface area (Å²) < 4.78 is 0. The predicted molar refractivity (Wildman–Crippen MR) is 104 cm³/mol. The van der Waals surface area contributed by atoms with E-state index in [4.69, 9.17) is 0 Å². The molecule has 2 rings (SSSR count). The third-order valence-electron chi connectivity index (χ3n) is 5.68. The Morgan fingerprint density at radius 2 is 1.96 bits per heavy atom. The predicted octanol–water partition coefficient (Wildman–Crippen LogP) is 2.59. The van der Waals surface area contributed by atoms with Gasteiger partial charge in [0, 0.05) is 32.0 Å². The van der Waals surface area contributed by atoms with Crippen LogP contribution in [0, 0.1) is 17.8 Å². The summed E-state index contributed by atoms with van der Waals surface area (Å²) in [5, 5.41) is 6.46. The van der Waals surface area contributed by atoms with Gasteiger partial charge in [-0.1, -0.05) is 20.3 Å². The van der Waals surface area contributed by atoms with Gasteiger partial charge >= 0.3 is 0 Å². The molecule has 2 saturated heterocycles. The van der Waals surface area contributed by atoms with Gasteiger partial charge in [-0.25, -0.2) is 0 Å². The summed E-state index contributed by atoms with van der Waals surface area (Å²) in [7, 11) is 0. The van der Waals surface area contributed by atoms with Crippen LogP contribution in [0.4, 0.5) is 0 Å². The molecule has 6 heteroatoms. The number of nitrogens with one attached hydrogen (secondary N) is 2. The lowest BCUT2D eigenvalue weighted by atomic mass is 9.85. The number of unbranched alkanes of at least 4 members (excludes halogenated alkanes) is 1. The molecule has 2 aliphatic heterocycles. The number of carbonyl (C=O) groups is 2. The van der Waals surface area contributed by atoms with E-state index in [0.29, 0.717) is 18.3 Å². The molecule has 0 radical (unpaired) electrons. The Morgan fingerprint density at radius 1 is 1.24 bits per heavy atom. The lowest BCUT2D eigenvalue weighted by Crippen LogP contribution is -2.44. The first kappa shape index (κ1) is 22.2. The molecule has 146 valence electrons. The van der Waals surface area contributed by atoms with Crippen molar-refractivity contribution in [2.24, 2.45) is 17.8 Å². The van der Waals surface area contributed by atoms with Crippen molar-refractivity contribution in [3.8, 4) is 0 Å². The third kappa shape index (κ3) is 7.14. The fourth-order valence-corrected chi connectivity index (χ4v) is 3.86. The van der Waals surface area contributed by atoms with E-state index in [0.717, 1.165) is 58.4 Å². The Kier molecular flexibility index (Phi) is 10.4. The van der Waals surface area contributed by atoms with Crippen LogP contribution in [0.2, 0.25) is 0 Å². The van der Waals surface area contributed by atoms with E-state index in [9.17, 15) is 9.59 Å². The first-order chi connectivity index (χ1) is 11.6. The van der Waals surface area contributed by atoms with Crippen LogP contribution < -0.4 is 10.6 Å². The van der Waals surface area contributed by atoms with E-state index in [1.165, 1.54) is 12.8 Å². The molecule has 2 atom stereocenters. The van der Waals surface area contributed by atoms with E-state index >= 15 is 0 Å². The highest BCUT2D eigenvalue weighted by molar-refractivity contribution is 5.85. The number of hydrogen-bond donors (Lipinski definition) is 2. The van der Waals surface area contributed by atoms with E-state index < -0.39 is 0 Å². The first-order valence-corrected chi connectivity index (χ1v) is 9.88. The fraction of sp³-hybridized carbons (Fsp3) is 0.895. The number of nitrogens with zero attached hydrogens (tertiary/aromatic N) is 1. The highest BCUT2D eigenvalue weighted by Gasteiger charge is 2.29. The maximum atomic E-state index is 12.5. The molecule has 2 aliphatic rings. The lowest BCUT2D eigenvalue weighted by molar-refractivity contribution is -0.136. The molecular weight excluding hydrogens is 338 g/mol. The number of piperidine rings is 2. The minimum atomic E-state index is 0. The zero-order valence-corrected chi connectivity index (χ0v) is 16.7. The number of halogens is 1. The third-order valence-corrected chi connectivity index (χ3v) is 5.68. The fourth-order valence-electron chi connectivity index (χ4n) is 3.86. The van der Waals surface area contributed by atoms with Crippen LogP contribution in [-0.2, 0) is 9.59 Å². The van der Waals surface area contributed by atoms with Crippen LogP contribution in [0.3, 0.4) is 0 Å². The van der Waals surface area contributed by atoms with Gasteiger partial charge < -0.3 is 15.5 Å². The SMILES string of the molecule is CCCCNC(=O)C1CCN(C(=O)CC(C)C2CCCNC2)CC1.Cl. The van der Waals surface area contributed by atoms with Crippen molar-refractivity contribution >= 4 is 24.2 Å². The molecule has 0 aromatic carbocycles. The van der Waals surface area contributed by atoms with Crippen molar-refractivity contribution in [2.45, 2.75) is 58.8 Å². The molecule has 0 bridgehead atoms. The summed E-state index contributed by atoms with van der Waals surface area (Å²) in [4.78, 5) is 26.6. The standard InChI is InChI=1S/C19H35N3O2.ClH/c1-3-4-10-21-19(24)16-7-11-22(12-8-16)18(23)13-15(2)17-6-5-9-20-14-17;/h15-17,20H,3-14H2,1-2H3,(H,21,24);1H. The van der Waals surface area contributed by atoms with Gasteiger partial charge in [-0.05, 0) is 57.0 Å². The first-order valence-electron chi connectivity index (χ1n) is 9.88. The van der Waals surface area contributed by atoms with Crippen molar-refractivity contribution in [1.29, 1.82) is 0 Å². The molecular formula is C19H36ClN3O2. The number of hydrogen-bond acceptors (Lipinski definition) is 3. The number of amides is 2. The molecule has 0 aromatic heterocycles. The molecule has 0 saturated carbocycles. The van der Waals surface area contributed by atoms with Crippen LogP contribution in [0.15, 0.2) is 0 Å². The van der Waals surface area contributed by atoms with E-state index in [-0.39, 0.29) is 30.1 Å². The van der Waals surface area contributed by atoms with Gasteiger partial charge in [-0.15, -0.1) is 12.4 Å². The van der Waals surface area contributed by atoms with Crippen LogP contribution >= 0.6 is 12.4 Å². The highest BCUT2D eigenvalue weighted by Crippen LogP contribution is 2.25. The second-order valence-electron chi connectivity index (χ2n) is 7.59. The molecule has 0 aromatic rings. The van der Waals surface area contributed by atoms with E-state index in [2.05, 4.69) is 24.5 Å². The number of carbonyl (C=O) groups excluding carboxylic acids is 2. The summed E-state index contributed by atoms with van der Waals surface area (Å²) in [6.45, 7) is 8.76. The van der Waals surface area contributed by atoms with Gasteiger partial charge in [-0.3, -0.25) is 9.59 Å². The van der Waals surface area contributed by atoms with E-state index in [1.807, 2.05) is 4.90 Å². The molecule has 2 N–H and O–H groups in total. The Balaban J connectivity index is 0.00000312. The van der Waals surface area contributed by atoms with Crippen molar-refractivity contribution in [2.75, 3.05) is 32.7 Å². The van der Waals surface area contributed by atoms with Crippen molar-refractivity contribution in [3.05, 3.63) is 0 Å². The Bertz CT molecular complexity index is 405. The van der Waals surface area contributed by atoms with Crippen LogP contribution in [-0.4, -0.2) is 49.4 Å². The average Bonchev–Trinajstić information content (AvgIpc) is 2.62. The Labute approximate surface area is 159 Å². The van der Waals surface area contributed by atoms with Crippen LogP contribution in [0.25, 0.3) is 0 Å². The van der Waals surface area contributed by atoms with Gasteiger partial charge in [-0.2, -0.15) is 0 Å². The largest absolute Gasteiger partial charge is 0.356 e. The van der Waals surface area contributed by atoms with Crippen molar-refractivity contribution in [3.63, 3.8) is 0 Å². The molecule has 2 amide bonds. The lowest BCUT2D eigenvalue weighted by Gasteiger charge is -2.34. The minimum absolute atomic E-state index is 0. The molecule has 0 spiro atoms. The quantitative estimate of drug-likeness (QED) is 0.674.